The first-order valence-corrected chi connectivity index (χ1v) is 5.90. The molecule has 16 heavy (non-hydrogen) atoms. The van der Waals surface area contributed by atoms with Crippen molar-refractivity contribution in [1.29, 1.82) is 0 Å². The van der Waals surface area contributed by atoms with Crippen LogP contribution < -0.4 is 5.32 Å². The molecule has 1 fully saturated rings. The predicted molar refractivity (Wildman–Crippen MR) is 62.9 cm³/mol. The highest BCUT2D eigenvalue weighted by Crippen LogP contribution is 2.28. The summed E-state index contributed by atoms with van der Waals surface area (Å²) < 4.78 is 0. The van der Waals surface area contributed by atoms with E-state index >= 15 is 0 Å². The quantitative estimate of drug-likeness (QED) is 0.788. The minimum Gasteiger partial charge on any atom is -0.341 e. The molecular formula is C12H22N2O2. The summed E-state index contributed by atoms with van der Waals surface area (Å²) >= 11 is 0. The first-order valence-electron chi connectivity index (χ1n) is 5.90. The molecule has 1 N–H and O–H groups in total. The van der Waals surface area contributed by atoms with Gasteiger partial charge in [0.2, 0.25) is 11.8 Å². The third-order valence-corrected chi connectivity index (χ3v) is 3.71. The van der Waals surface area contributed by atoms with Crippen LogP contribution in [-0.2, 0) is 9.59 Å². The normalized spacial score (nSPS) is 20.9. The molecule has 1 aliphatic heterocycles. The number of amides is 2. The van der Waals surface area contributed by atoms with Gasteiger partial charge in [0.1, 0.15) is 12.1 Å². The number of hydrogen-bond acceptors (Lipinski definition) is 2. The summed E-state index contributed by atoms with van der Waals surface area (Å²) in [5, 5.41) is 2.73. The van der Waals surface area contributed by atoms with Gasteiger partial charge < -0.3 is 10.2 Å². The second-order valence-electron chi connectivity index (χ2n) is 5.27. The summed E-state index contributed by atoms with van der Waals surface area (Å²) in [6.07, 6.45) is 1.72. The maximum absolute atomic E-state index is 12.3. The van der Waals surface area contributed by atoms with Gasteiger partial charge in [-0.25, -0.2) is 0 Å². The molecule has 1 heterocycles. The summed E-state index contributed by atoms with van der Waals surface area (Å²) in [4.78, 5) is 25.6. The SMILES string of the molecule is CCC(C)(CC)N1CC(=O)NC(C)(C)C1=O. The van der Waals surface area contributed by atoms with E-state index in [1.54, 1.807) is 18.7 Å². The number of carbonyl (C=O) groups excluding carboxylic acids is 2. The smallest absolute Gasteiger partial charge is 0.248 e. The monoisotopic (exact) mass is 226 g/mol. The van der Waals surface area contributed by atoms with Gasteiger partial charge in [0.25, 0.3) is 0 Å². The lowest BCUT2D eigenvalue weighted by Crippen LogP contribution is -2.68. The van der Waals surface area contributed by atoms with Gasteiger partial charge in [-0.1, -0.05) is 13.8 Å². The second-order valence-corrected chi connectivity index (χ2v) is 5.27. The third-order valence-electron chi connectivity index (χ3n) is 3.71. The topological polar surface area (TPSA) is 49.4 Å². The molecule has 1 rings (SSSR count). The van der Waals surface area contributed by atoms with Crippen molar-refractivity contribution >= 4 is 11.8 Å². The molecule has 0 aromatic carbocycles. The van der Waals surface area contributed by atoms with Crippen LogP contribution in [0, 0.1) is 0 Å². The lowest BCUT2D eigenvalue weighted by Gasteiger charge is -2.47. The molecule has 4 nitrogen and oxygen atoms in total. The Morgan fingerprint density at radius 2 is 1.81 bits per heavy atom. The highest BCUT2D eigenvalue weighted by Gasteiger charge is 2.45. The second kappa shape index (κ2) is 4.07. The van der Waals surface area contributed by atoms with E-state index in [1.807, 2.05) is 6.92 Å². The molecular weight excluding hydrogens is 204 g/mol. The fourth-order valence-corrected chi connectivity index (χ4v) is 2.06. The molecule has 0 aromatic heterocycles. The highest BCUT2D eigenvalue weighted by molar-refractivity contribution is 5.97. The molecule has 1 saturated heterocycles. The van der Waals surface area contributed by atoms with Crippen LogP contribution in [0.4, 0.5) is 0 Å². The number of carbonyl (C=O) groups is 2. The molecule has 0 aromatic rings. The minimum atomic E-state index is -0.777. The van der Waals surface area contributed by atoms with E-state index in [4.69, 9.17) is 0 Å². The largest absolute Gasteiger partial charge is 0.341 e. The van der Waals surface area contributed by atoms with Crippen LogP contribution in [0.3, 0.4) is 0 Å². The van der Waals surface area contributed by atoms with Gasteiger partial charge >= 0.3 is 0 Å². The van der Waals surface area contributed by atoms with Crippen molar-refractivity contribution in [2.75, 3.05) is 6.54 Å². The van der Waals surface area contributed by atoms with E-state index < -0.39 is 5.54 Å². The Labute approximate surface area is 97.4 Å². The molecule has 0 saturated carbocycles. The Kier molecular flexibility index (Phi) is 3.31. The maximum Gasteiger partial charge on any atom is 0.248 e. The summed E-state index contributed by atoms with van der Waals surface area (Å²) in [6.45, 7) is 9.84. The average molecular weight is 226 g/mol. The van der Waals surface area contributed by atoms with E-state index in [1.165, 1.54) is 0 Å². The molecule has 1 aliphatic rings. The van der Waals surface area contributed by atoms with E-state index in [-0.39, 0.29) is 23.9 Å². The zero-order valence-electron chi connectivity index (χ0n) is 10.9. The first-order chi connectivity index (χ1) is 7.27. The summed E-state index contributed by atoms with van der Waals surface area (Å²) in [6, 6.07) is 0. The van der Waals surface area contributed by atoms with Gasteiger partial charge in [-0.3, -0.25) is 9.59 Å². The molecule has 0 spiro atoms. The molecule has 0 radical (unpaired) electrons. The number of nitrogens with one attached hydrogen (secondary N) is 1. The lowest BCUT2D eigenvalue weighted by atomic mass is 9.88. The van der Waals surface area contributed by atoms with Crippen LogP contribution in [0.25, 0.3) is 0 Å². The maximum atomic E-state index is 12.3. The summed E-state index contributed by atoms with van der Waals surface area (Å²) in [7, 11) is 0. The zero-order valence-corrected chi connectivity index (χ0v) is 10.9. The Morgan fingerprint density at radius 1 is 1.31 bits per heavy atom. The Hall–Kier alpha value is -1.06. The van der Waals surface area contributed by atoms with Crippen molar-refractivity contribution in [3.8, 4) is 0 Å². The summed E-state index contributed by atoms with van der Waals surface area (Å²) in [5.41, 5.74) is -0.993. The van der Waals surface area contributed by atoms with Gasteiger partial charge in [-0.15, -0.1) is 0 Å². The average Bonchev–Trinajstić information content (AvgIpc) is 2.21. The number of hydrogen-bond donors (Lipinski definition) is 1. The molecule has 0 atom stereocenters. The van der Waals surface area contributed by atoms with Crippen LogP contribution in [0.5, 0.6) is 0 Å². The Bertz CT molecular complexity index is 306. The first kappa shape index (κ1) is 13.0. The van der Waals surface area contributed by atoms with Crippen molar-refractivity contribution in [2.24, 2.45) is 0 Å². The Balaban J connectivity index is 3.04. The highest BCUT2D eigenvalue weighted by atomic mass is 16.2. The standard InChI is InChI=1S/C12H22N2O2/c1-6-12(5,7-2)14-8-9(15)13-11(3,4)10(14)16/h6-8H2,1-5H3,(H,13,15). The van der Waals surface area contributed by atoms with Crippen LogP contribution in [-0.4, -0.2) is 34.3 Å². The van der Waals surface area contributed by atoms with Crippen molar-refractivity contribution in [3.05, 3.63) is 0 Å². The van der Waals surface area contributed by atoms with E-state index in [2.05, 4.69) is 19.2 Å². The molecule has 2 amide bonds. The fourth-order valence-electron chi connectivity index (χ4n) is 2.06. The van der Waals surface area contributed by atoms with Crippen molar-refractivity contribution in [1.82, 2.24) is 10.2 Å². The molecule has 0 unspecified atom stereocenters. The summed E-state index contributed by atoms with van der Waals surface area (Å²) in [5.74, 6) is -0.0592. The number of nitrogens with zero attached hydrogens (tertiary/aromatic N) is 1. The van der Waals surface area contributed by atoms with Gasteiger partial charge in [-0.2, -0.15) is 0 Å². The minimum absolute atomic E-state index is 0.0123. The zero-order chi connectivity index (χ0) is 12.6. The van der Waals surface area contributed by atoms with Crippen LogP contribution in [0.15, 0.2) is 0 Å². The molecule has 92 valence electrons. The lowest BCUT2D eigenvalue weighted by molar-refractivity contribution is -0.155. The number of rotatable bonds is 3. The van der Waals surface area contributed by atoms with Crippen molar-refractivity contribution in [3.63, 3.8) is 0 Å². The molecule has 4 heteroatoms. The number of piperazine rings is 1. The van der Waals surface area contributed by atoms with Crippen molar-refractivity contribution in [2.45, 2.75) is 58.5 Å². The van der Waals surface area contributed by atoms with E-state index in [9.17, 15) is 9.59 Å². The third kappa shape index (κ3) is 2.06. The van der Waals surface area contributed by atoms with Crippen molar-refractivity contribution < 1.29 is 9.59 Å². The van der Waals surface area contributed by atoms with Crippen LogP contribution in [0.1, 0.15) is 47.5 Å². The van der Waals surface area contributed by atoms with Crippen LogP contribution >= 0.6 is 0 Å². The molecule has 0 bridgehead atoms. The van der Waals surface area contributed by atoms with Gasteiger partial charge in [0.05, 0.1) is 0 Å². The van der Waals surface area contributed by atoms with E-state index in [0.29, 0.717) is 0 Å². The molecule has 0 aliphatic carbocycles. The predicted octanol–water partition coefficient (Wildman–Crippen LogP) is 1.30. The van der Waals surface area contributed by atoms with E-state index in [0.717, 1.165) is 12.8 Å². The van der Waals surface area contributed by atoms with Crippen LogP contribution in [0.2, 0.25) is 0 Å². The Morgan fingerprint density at radius 3 is 2.25 bits per heavy atom. The fraction of sp³-hybridized carbons (Fsp3) is 0.833. The van der Waals surface area contributed by atoms with Gasteiger partial charge in [0, 0.05) is 5.54 Å². The van der Waals surface area contributed by atoms with Gasteiger partial charge in [0.15, 0.2) is 0 Å². The van der Waals surface area contributed by atoms with Gasteiger partial charge in [-0.05, 0) is 33.6 Å².